The Labute approximate surface area is 147 Å². The van der Waals surface area contributed by atoms with E-state index in [0.29, 0.717) is 25.2 Å². The van der Waals surface area contributed by atoms with E-state index in [-0.39, 0.29) is 18.9 Å². The normalized spacial score (nSPS) is 11.4. The summed E-state index contributed by atoms with van der Waals surface area (Å²) in [6, 6.07) is 6.34. The maximum atomic E-state index is 12.3. The van der Waals surface area contributed by atoms with Crippen LogP contribution in [0.2, 0.25) is 0 Å². The molecule has 0 aliphatic heterocycles. The molecule has 3 amide bonds. The van der Waals surface area contributed by atoms with E-state index in [0.717, 1.165) is 5.56 Å². The molecule has 8 nitrogen and oxygen atoms in total. The van der Waals surface area contributed by atoms with Gasteiger partial charge in [0.05, 0.1) is 6.54 Å². The molecule has 138 valence electrons. The van der Waals surface area contributed by atoms with Gasteiger partial charge >= 0.3 is 6.09 Å². The SMILES string of the molecule is CCNCC(=O)NCCC[C@H](NC(=O)O)C(=O)Nc1ccc(C)cc1. The molecule has 25 heavy (non-hydrogen) atoms. The van der Waals surface area contributed by atoms with Crippen molar-refractivity contribution < 1.29 is 19.5 Å². The highest BCUT2D eigenvalue weighted by Gasteiger charge is 2.20. The Hall–Kier alpha value is -2.61. The molecule has 0 fully saturated rings. The second-order valence-corrected chi connectivity index (χ2v) is 5.63. The van der Waals surface area contributed by atoms with Crippen LogP contribution in [0.3, 0.4) is 0 Å². The highest BCUT2D eigenvalue weighted by molar-refractivity contribution is 5.96. The van der Waals surface area contributed by atoms with Gasteiger partial charge in [0.15, 0.2) is 0 Å². The molecular weight excluding hydrogens is 324 g/mol. The maximum absolute atomic E-state index is 12.3. The zero-order chi connectivity index (χ0) is 18.7. The predicted molar refractivity (Wildman–Crippen MR) is 95.5 cm³/mol. The molecule has 8 heteroatoms. The number of likely N-dealkylation sites (N-methyl/N-ethyl adjacent to an activating group) is 1. The first kappa shape index (κ1) is 20.4. The summed E-state index contributed by atoms with van der Waals surface area (Å²) in [6.45, 7) is 5.16. The van der Waals surface area contributed by atoms with Crippen LogP contribution in [0.1, 0.15) is 25.3 Å². The lowest BCUT2D eigenvalue weighted by atomic mass is 10.1. The van der Waals surface area contributed by atoms with Gasteiger partial charge in [0, 0.05) is 12.2 Å². The minimum Gasteiger partial charge on any atom is -0.465 e. The third kappa shape index (κ3) is 8.71. The molecule has 0 unspecified atom stereocenters. The van der Waals surface area contributed by atoms with E-state index in [2.05, 4.69) is 21.3 Å². The second kappa shape index (κ2) is 11.0. The van der Waals surface area contributed by atoms with Crippen LogP contribution in [0, 0.1) is 6.92 Å². The number of carbonyl (C=O) groups is 3. The molecule has 1 aromatic carbocycles. The fourth-order valence-electron chi connectivity index (χ4n) is 2.12. The monoisotopic (exact) mass is 350 g/mol. The number of hydrogen-bond acceptors (Lipinski definition) is 4. The number of rotatable bonds is 10. The van der Waals surface area contributed by atoms with Crippen LogP contribution < -0.4 is 21.3 Å². The molecule has 0 saturated heterocycles. The lowest BCUT2D eigenvalue weighted by Gasteiger charge is -2.17. The van der Waals surface area contributed by atoms with Crippen LogP contribution in [0.15, 0.2) is 24.3 Å². The number of carbonyl (C=O) groups excluding carboxylic acids is 2. The first-order chi connectivity index (χ1) is 11.9. The summed E-state index contributed by atoms with van der Waals surface area (Å²) in [7, 11) is 0. The van der Waals surface area contributed by atoms with Crippen molar-refractivity contribution in [1.82, 2.24) is 16.0 Å². The van der Waals surface area contributed by atoms with Crippen LogP contribution >= 0.6 is 0 Å². The quantitative estimate of drug-likeness (QED) is 0.405. The van der Waals surface area contributed by atoms with Gasteiger partial charge in [-0.3, -0.25) is 9.59 Å². The lowest BCUT2D eigenvalue weighted by Crippen LogP contribution is -2.43. The van der Waals surface area contributed by atoms with E-state index in [1.165, 1.54) is 0 Å². The number of benzene rings is 1. The molecule has 0 bridgehead atoms. The molecule has 0 heterocycles. The van der Waals surface area contributed by atoms with Gasteiger partial charge in [-0.2, -0.15) is 0 Å². The van der Waals surface area contributed by atoms with Crippen molar-refractivity contribution >= 4 is 23.6 Å². The van der Waals surface area contributed by atoms with Crippen molar-refractivity contribution in [3.05, 3.63) is 29.8 Å². The minimum atomic E-state index is -1.26. The predicted octanol–water partition coefficient (Wildman–Crippen LogP) is 1.08. The van der Waals surface area contributed by atoms with Crippen LogP contribution in [-0.4, -0.2) is 48.7 Å². The Balaban J connectivity index is 2.47. The molecule has 1 rings (SSSR count). The van der Waals surface area contributed by atoms with Gasteiger partial charge in [0.1, 0.15) is 6.04 Å². The number of amides is 3. The Kier molecular flexibility index (Phi) is 9.02. The Morgan fingerprint density at radius 3 is 2.44 bits per heavy atom. The first-order valence-corrected chi connectivity index (χ1v) is 8.26. The summed E-state index contributed by atoms with van der Waals surface area (Å²) in [6.07, 6.45) is -0.504. The number of aryl methyl sites for hydroxylation is 1. The average molecular weight is 350 g/mol. The standard InChI is InChI=1S/C17H26N4O4/c1-3-18-11-15(22)19-10-4-5-14(21-17(24)25)16(23)20-13-8-6-12(2)7-9-13/h6-9,14,18,21H,3-5,10-11H2,1-2H3,(H,19,22)(H,20,23)(H,24,25)/t14-/m0/s1. The van der Waals surface area contributed by atoms with E-state index < -0.39 is 18.0 Å². The Bertz CT molecular complexity index is 575. The average Bonchev–Trinajstić information content (AvgIpc) is 2.57. The summed E-state index contributed by atoms with van der Waals surface area (Å²) in [5, 5.41) is 19.4. The summed E-state index contributed by atoms with van der Waals surface area (Å²) < 4.78 is 0. The van der Waals surface area contributed by atoms with Crippen LogP contribution in [0.5, 0.6) is 0 Å². The Morgan fingerprint density at radius 2 is 1.84 bits per heavy atom. The first-order valence-electron chi connectivity index (χ1n) is 8.26. The minimum absolute atomic E-state index is 0.131. The molecule has 1 aromatic rings. The van der Waals surface area contributed by atoms with Gasteiger partial charge in [-0.05, 0) is 38.4 Å². The zero-order valence-corrected chi connectivity index (χ0v) is 14.6. The molecule has 1 atom stereocenters. The van der Waals surface area contributed by atoms with Crippen LogP contribution in [-0.2, 0) is 9.59 Å². The van der Waals surface area contributed by atoms with Gasteiger partial charge in [0.2, 0.25) is 11.8 Å². The fraction of sp³-hybridized carbons (Fsp3) is 0.471. The fourth-order valence-corrected chi connectivity index (χ4v) is 2.12. The van der Waals surface area contributed by atoms with E-state index in [1.807, 2.05) is 26.0 Å². The van der Waals surface area contributed by atoms with Crippen molar-refractivity contribution in [1.29, 1.82) is 0 Å². The van der Waals surface area contributed by atoms with E-state index >= 15 is 0 Å². The molecule has 0 radical (unpaired) electrons. The highest BCUT2D eigenvalue weighted by atomic mass is 16.4. The molecular formula is C17H26N4O4. The summed E-state index contributed by atoms with van der Waals surface area (Å²) in [5.41, 5.74) is 1.67. The van der Waals surface area contributed by atoms with Crippen molar-refractivity contribution in [2.45, 2.75) is 32.7 Å². The molecule has 0 aromatic heterocycles. The number of hydrogen-bond donors (Lipinski definition) is 5. The largest absolute Gasteiger partial charge is 0.465 e. The zero-order valence-electron chi connectivity index (χ0n) is 14.6. The van der Waals surface area contributed by atoms with Crippen molar-refractivity contribution in [3.63, 3.8) is 0 Å². The number of nitrogens with one attached hydrogen (secondary N) is 4. The van der Waals surface area contributed by atoms with Gasteiger partial charge in [-0.15, -0.1) is 0 Å². The van der Waals surface area contributed by atoms with Crippen LogP contribution in [0.4, 0.5) is 10.5 Å². The van der Waals surface area contributed by atoms with Crippen LogP contribution in [0.25, 0.3) is 0 Å². The van der Waals surface area contributed by atoms with Gasteiger partial charge in [-0.25, -0.2) is 4.79 Å². The van der Waals surface area contributed by atoms with Gasteiger partial charge < -0.3 is 26.4 Å². The summed E-state index contributed by atoms with van der Waals surface area (Å²) in [4.78, 5) is 34.6. The van der Waals surface area contributed by atoms with E-state index in [9.17, 15) is 14.4 Å². The van der Waals surface area contributed by atoms with Gasteiger partial charge in [0.25, 0.3) is 0 Å². The number of anilines is 1. The molecule has 0 aliphatic carbocycles. The Morgan fingerprint density at radius 1 is 1.16 bits per heavy atom. The molecule has 0 saturated carbocycles. The lowest BCUT2D eigenvalue weighted by molar-refractivity contribution is -0.120. The van der Waals surface area contributed by atoms with Crippen molar-refractivity contribution in [2.75, 3.05) is 25.0 Å². The summed E-state index contributed by atoms with van der Waals surface area (Å²) >= 11 is 0. The maximum Gasteiger partial charge on any atom is 0.405 e. The molecule has 5 N–H and O–H groups in total. The third-order valence-electron chi connectivity index (χ3n) is 3.46. The van der Waals surface area contributed by atoms with Gasteiger partial charge in [-0.1, -0.05) is 24.6 Å². The smallest absolute Gasteiger partial charge is 0.405 e. The van der Waals surface area contributed by atoms with E-state index in [1.54, 1.807) is 12.1 Å². The number of carboxylic acid groups (broad SMARTS) is 1. The van der Waals surface area contributed by atoms with Crippen molar-refractivity contribution in [2.24, 2.45) is 0 Å². The highest BCUT2D eigenvalue weighted by Crippen LogP contribution is 2.10. The molecule has 0 spiro atoms. The van der Waals surface area contributed by atoms with Crippen molar-refractivity contribution in [3.8, 4) is 0 Å². The third-order valence-corrected chi connectivity index (χ3v) is 3.46. The summed E-state index contributed by atoms with van der Waals surface area (Å²) in [5.74, 6) is -0.557. The molecule has 0 aliphatic rings. The second-order valence-electron chi connectivity index (χ2n) is 5.63. The topological polar surface area (TPSA) is 120 Å². The van der Waals surface area contributed by atoms with E-state index in [4.69, 9.17) is 5.11 Å².